The summed E-state index contributed by atoms with van der Waals surface area (Å²) in [6.07, 6.45) is 10.2. The van der Waals surface area contributed by atoms with Crippen LogP contribution in [-0.4, -0.2) is 5.78 Å². The topological polar surface area (TPSA) is 17.1 Å². The van der Waals surface area contributed by atoms with E-state index in [0.29, 0.717) is 6.42 Å². The van der Waals surface area contributed by atoms with E-state index in [9.17, 15) is 4.79 Å². The third-order valence-corrected chi connectivity index (χ3v) is 3.10. The first-order chi connectivity index (χ1) is 7.08. The second kappa shape index (κ2) is 5.45. The Hall–Kier alpha value is -0.630. The Morgan fingerprint density at radius 2 is 2.40 bits per heavy atom. The maximum absolute atomic E-state index is 11.3. The molecule has 0 heterocycles. The number of hydrogen-bond acceptors (Lipinski definition) is 1. The monoisotopic (exact) mass is 268 g/mol. The summed E-state index contributed by atoms with van der Waals surface area (Å²) in [7, 11) is 0. The summed E-state index contributed by atoms with van der Waals surface area (Å²) >= 11 is 3.41. The Bertz CT molecular complexity index is 304. The van der Waals surface area contributed by atoms with Gasteiger partial charge in [0, 0.05) is 6.42 Å². The molecular weight excluding hydrogens is 252 g/mol. The van der Waals surface area contributed by atoms with Crippen LogP contribution in [0.25, 0.3) is 0 Å². The molecule has 0 N–H and O–H groups in total. The quantitative estimate of drug-likeness (QED) is 0.700. The van der Waals surface area contributed by atoms with Crippen molar-refractivity contribution in [2.75, 3.05) is 0 Å². The minimum atomic E-state index is 0.0501. The van der Waals surface area contributed by atoms with E-state index in [1.54, 1.807) is 6.08 Å². The van der Waals surface area contributed by atoms with Crippen molar-refractivity contribution in [3.63, 3.8) is 0 Å². The van der Waals surface area contributed by atoms with Gasteiger partial charge in [0.05, 0.1) is 0 Å². The predicted molar refractivity (Wildman–Crippen MR) is 67.9 cm³/mol. The lowest BCUT2D eigenvalue weighted by molar-refractivity contribution is -0.114. The van der Waals surface area contributed by atoms with Crippen LogP contribution in [0.4, 0.5) is 0 Å². The standard InChI is InChI=1S/C13H17BrO/c1-3-7-13(10-11(2)14)8-4-5-12(15)6-9-13/h3,6,9H,1-2,4-5,7-8,10H2. The Labute approximate surface area is 100 Å². The zero-order chi connectivity index (χ0) is 11.3. The fourth-order valence-electron chi connectivity index (χ4n) is 2.11. The van der Waals surface area contributed by atoms with Gasteiger partial charge in [-0.2, -0.15) is 0 Å². The Morgan fingerprint density at radius 3 is 3.00 bits per heavy atom. The second-order valence-corrected chi connectivity index (χ2v) is 5.32. The average Bonchev–Trinajstić information content (AvgIpc) is 2.29. The minimum Gasteiger partial charge on any atom is -0.295 e. The van der Waals surface area contributed by atoms with Crippen LogP contribution >= 0.6 is 15.9 Å². The van der Waals surface area contributed by atoms with Gasteiger partial charge in [-0.3, -0.25) is 4.79 Å². The highest BCUT2D eigenvalue weighted by Crippen LogP contribution is 2.40. The molecule has 0 fully saturated rings. The first kappa shape index (κ1) is 12.4. The highest BCUT2D eigenvalue weighted by molar-refractivity contribution is 9.11. The molecule has 1 unspecified atom stereocenters. The maximum atomic E-state index is 11.3. The zero-order valence-corrected chi connectivity index (χ0v) is 10.6. The summed E-state index contributed by atoms with van der Waals surface area (Å²) < 4.78 is 0.989. The van der Waals surface area contributed by atoms with Gasteiger partial charge in [0.1, 0.15) is 0 Å². The maximum Gasteiger partial charge on any atom is 0.155 e. The Kier molecular flexibility index (Phi) is 4.52. The van der Waals surface area contributed by atoms with E-state index in [4.69, 9.17) is 0 Å². The molecule has 0 aromatic carbocycles. The summed E-state index contributed by atoms with van der Waals surface area (Å²) in [4.78, 5) is 11.3. The fraction of sp³-hybridized carbons (Fsp3) is 0.462. The van der Waals surface area contributed by atoms with E-state index in [1.807, 2.05) is 6.08 Å². The summed E-state index contributed by atoms with van der Waals surface area (Å²) in [6.45, 7) is 7.68. The van der Waals surface area contributed by atoms with E-state index in [2.05, 4.69) is 35.2 Å². The molecule has 1 aliphatic rings. The van der Waals surface area contributed by atoms with Gasteiger partial charge in [0.2, 0.25) is 0 Å². The molecule has 0 saturated heterocycles. The van der Waals surface area contributed by atoms with Crippen molar-refractivity contribution in [2.45, 2.75) is 32.1 Å². The van der Waals surface area contributed by atoms with Gasteiger partial charge in [-0.1, -0.05) is 34.7 Å². The van der Waals surface area contributed by atoms with E-state index in [1.165, 1.54) is 0 Å². The van der Waals surface area contributed by atoms with Gasteiger partial charge in [0.25, 0.3) is 0 Å². The minimum absolute atomic E-state index is 0.0501. The smallest absolute Gasteiger partial charge is 0.155 e. The highest BCUT2D eigenvalue weighted by atomic mass is 79.9. The summed E-state index contributed by atoms with van der Waals surface area (Å²) in [5, 5.41) is 0. The molecule has 0 amide bonds. The van der Waals surface area contributed by atoms with Crippen molar-refractivity contribution in [3.05, 3.63) is 35.9 Å². The third-order valence-electron chi connectivity index (χ3n) is 2.82. The van der Waals surface area contributed by atoms with Crippen molar-refractivity contribution in [2.24, 2.45) is 5.41 Å². The van der Waals surface area contributed by atoms with E-state index >= 15 is 0 Å². The number of carbonyl (C=O) groups is 1. The van der Waals surface area contributed by atoms with Gasteiger partial charge in [-0.25, -0.2) is 0 Å². The number of hydrogen-bond donors (Lipinski definition) is 0. The van der Waals surface area contributed by atoms with Crippen LogP contribution in [0.2, 0.25) is 0 Å². The molecule has 15 heavy (non-hydrogen) atoms. The van der Waals surface area contributed by atoms with Crippen molar-refractivity contribution < 1.29 is 4.79 Å². The van der Waals surface area contributed by atoms with Gasteiger partial charge in [0.15, 0.2) is 5.78 Å². The lowest BCUT2D eigenvalue weighted by Crippen LogP contribution is -2.16. The molecule has 1 nitrogen and oxygen atoms in total. The summed E-state index contributed by atoms with van der Waals surface area (Å²) in [6, 6.07) is 0. The molecule has 0 saturated carbocycles. The van der Waals surface area contributed by atoms with Crippen molar-refractivity contribution >= 4 is 21.7 Å². The highest BCUT2D eigenvalue weighted by Gasteiger charge is 2.28. The normalized spacial score (nSPS) is 26.1. The predicted octanol–water partition coefficient (Wildman–Crippen LogP) is 4.16. The first-order valence-electron chi connectivity index (χ1n) is 5.24. The van der Waals surface area contributed by atoms with Crippen LogP contribution in [0.1, 0.15) is 32.1 Å². The first-order valence-corrected chi connectivity index (χ1v) is 6.03. The number of allylic oxidation sites excluding steroid dienone is 4. The molecule has 0 aliphatic heterocycles. The van der Waals surface area contributed by atoms with Gasteiger partial charge in [-0.05, 0) is 41.7 Å². The molecule has 0 bridgehead atoms. The SMILES string of the molecule is C=CCC1(CC(=C)Br)C=CC(=O)CCC1. The fourth-order valence-corrected chi connectivity index (χ4v) is 2.67. The van der Waals surface area contributed by atoms with Crippen LogP contribution in [0, 0.1) is 5.41 Å². The van der Waals surface area contributed by atoms with Crippen molar-refractivity contribution in [3.8, 4) is 0 Å². The molecule has 0 aromatic heterocycles. The molecular formula is C13H17BrO. The van der Waals surface area contributed by atoms with Crippen LogP contribution in [0.3, 0.4) is 0 Å². The second-order valence-electron chi connectivity index (χ2n) is 4.20. The van der Waals surface area contributed by atoms with Gasteiger partial charge in [-0.15, -0.1) is 6.58 Å². The largest absolute Gasteiger partial charge is 0.295 e. The van der Waals surface area contributed by atoms with Gasteiger partial charge < -0.3 is 0 Å². The molecule has 1 rings (SSSR count). The lowest BCUT2D eigenvalue weighted by atomic mass is 9.77. The third kappa shape index (κ3) is 3.78. The molecule has 0 radical (unpaired) electrons. The summed E-state index contributed by atoms with van der Waals surface area (Å²) in [5.41, 5.74) is 0.0501. The molecule has 1 aliphatic carbocycles. The van der Waals surface area contributed by atoms with Crippen molar-refractivity contribution in [1.82, 2.24) is 0 Å². The summed E-state index contributed by atoms with van der Waals surface area (Å²) in [5.74, 6) is 0.237. The molecule has 0 spiro atoms. The Balaban J connectivity index is 2.87. The average molecular weight is 269 g/mol. The lowest BCUT2D eigenvalue weighted by Gasteiger charge is -2.28. The zero-order valence-electron chi connectivity index (χ0n) is 8.97. The van der Waals surface area contributed by atoms with Crippen molar-refractivity contribution in [1.29, 1.82) is 0 Å². The van der Waals surface area contributed by atoms with Crippen LogP contribution in [0.5, 0.6) is 0 Å². The van der Waals surface area contributed by atoms with E-state index < -0.39 is 0 Å². The number of rotatable bonds is 4. The van der Waals surface area contributed by atoms with E-state index in [0.717, 1.165) is 30.2 Å². The number of carbonyl (C=O) groups excluding carboxylic acids is 1. The van der Waals surface area contributed by atoms with Crippen LogP contribution in [-0.2, 0) is 4.79 Å². The van der Waals surface area contributed by atoms with E-state index in [-0.39, 0.29) is 11.2 Å². The number of halogens is 1. The van der Waals surface area contributed by atoms with Crippen LogP contribution in [0.15, 0.2) is 35.9 Å². The molecule has 1 atom stereocenters. The molecule has 82 valence electrons. The Morgan fingerprint density at radius 1 is 1.67 bits per heavy atom. The molecule has 2 heteroatoms. The number of ketones is 1. The van der Waals surface area contributed by atoms with Gasteiger partial charge >= 0.3 is 0 Å². The molecule has 0 aromatic rings. The van der Waals surface area contributed by atoms with Crippen LogP contribution < -0.4 is 0 Å².